The molecule has 10 heteroatoms. The van der Waals surface area contributed by atoms with Gasteiger partial charge in [-0.25, -0.2) is 4.79 Å². The Balaban J connectivity index is 1.37. The number of benzene rings is 2. The van der Waals surface area contributed by atoms with E-state index in [9.17, 15) is 19.5 Å². The molecule has 190 valence electrons. The van der Waals surface area contributed by atoms with Gasteiger partial charge < -0.3 is 24.6 Å². The third-order valence-electron chi connectivity index (χ3n) is 7.26. The van der Waals surface area contributed by atoms with Gasteiger partial charge in [0.2, 0.25) is 0 Å². The zero-order chi connectivity index (χ0) is 25.4. The number of carbonyl (C=O) groups is 3. The van der Waals surface area contributed by atoms with Gasteiger partial charge in [-0.3, -0.25) is 9.59 Å². The predicted octanol–water partition coefficient (Wildman–Crippen LogP) is 3.90. The van der Waals surface area contributed by atoms with Gasteiger partial charge in [-0.2, -0.15) is 0 Å². The van der Waals surface area contributed by atoms with Crippen molar-refractivity contribution >= 4 is 63.1 Å². The molecule has 0 spiro atoms. The first kappa shape index (κ1) is 25.7. The number of halogens is 2. The zero-order valence-electron chi connectivity index (χ0n) is 19.2. The van der Waals surface area contributed by atoms with Crippen LogP contribution in [-0.2, 0) is 29.4 Å². The largest absolute Gasteiger partial charge is 0.506 e. The van der Waals surface area contributed by atoms with Gasteiger partial charge in [0.15, 0.2) is 0 Å². The molecule has 1 saturated carbocycles. The molecule has 2 N–H and O–H groups in total. The summed E-state index contributed by atoms with van der Waals surface area (Å²) < 4.78 is 18.7. The summed E-state index contributed by atoms with van der Waals surface area (Å²) in [5.74, 6) is -3.23. The van der Waals surface area contributed by atoms with E-state index in [4.69, 9.17) is 14.2 Å². The van der Waals surface area contributed by atoms with E-state index in [1.54, 1.807) is 12.1 Å². The summed E-state index contributed by atoms with van der Waals surface area (Å²) in [6.07, 6.45) is 0.213. The zero-order valence-corrected chi connectivity index (χ0v) is 23.6. The van der Waals surface area contributed by atoms with Gasteiger partial charge in [0.1, 0.15) is 29.1 Å². The van der Waals surface area contributed by atoms with Crippen LogP contribution in [0.15, 0.2) is 42.5 Å². The highest BCUT2D eigenvalue weighted by Crippen LogP contribution is 2.44. The molecule has 0 radical (unpaired) electrons. The molecule has 4 atom stereocenters. The van der Waals surface area contributed by atoms with Crippen LogP contribution in [0.5, 0.6) is 5.75 Å². The normalized spacial score (nSPS) is 26.7. The molecule has 0 amide bonds. The Labute approximate surface area is 235 Å². The Bertz CT molecular complexity index is 1180. The maximum absolute atomic E-state index is 13.6. The van der Waals surface area contributed by atoms with Crippen LogP contribution >= 0.6 is 45.2 Å². The monoisotopic (exact) mass is 717 g/mol. The molecule has 8 nitrogen and oxygen atoms in total. The molecule has 1 aliphatic carbocycles. The summed E-state index contributed by atoms with van der Waals surface area (Å²) in [5, 5.41) is 13.7. The minimum atomic E-state index is -0.812. The average molecular weight is 717 g/mol. The highest BCUT2D eigenvalue weighted by atomic mass is 127. The van der Waals surface area contributed by atoms with Gasteiger partial charge in [0, 0.05) is 29.3 Å². The van der Waals surface area contributed by atoms with E-state index in [0.29, 0.717) is 29.5 Å². The molecule has 5 rings (SSSR count). The number of hydrogen-bond donors (Lipinski definition) is 2. The molecule has 2 aromatic rings. The van der Waals surface area contributed by atoms with E-state index in [1.165, 1.54) is 0 Å². The molecule has 3 fully saturated rings. The summed E-state index contributed by atoms with van der Waals surface area (Å²) in [4.78, 5) is 39.2. The number of hydrogen-bond acceptors (Lipinski definition) is 8. The van der Waals surface area contributed by atoms with E-state index in [2.05, 4.69) is 27.9 Å². The average Bonchev–Trinajstić information content (AvgIpc) is 3.20. The third kappa shape index (κ3) is 4.95. The molecule has 2 saturated heterocycles. The smallest absolute Gasteiger partial charge is 0.342 e. The molecule has 2 aliphatic heterocycles. The van der Waals surface area contributed by atoms with Crippen molar-refractivity contribution in [1.29, 1.82) is 0 Å². The van der Waals surface area contributed by atoms with Gasteiger partial charge in [-0.15, -0.1) is 0 Å². The highest BCUT2D eigenvalue weighted by Gasteiger charge is 2.54. The Morgan fingerprint density at radius 1 is 1.08 bits per heavy atom. The fraction of sp³-hybridized carbons (Fsp3) is 0.423. The molecule has 2 aromatic carbocycles. The minimum absolute atomic E-state index is 0.0367. The van der Waals surface area contributed by atoms with Crippen LogP contribution in [0.4, 0.5) is 0 Å². The van der Waals surface area contributed by atoms with Crippen LogP contribution in [0, 0.1) is 19.0 Å². The fourth-order valence-corrected chi connectivity index (χ4v) is 7.20. The summed E-state index contributed by atoms with van der Waals surface area (Å²) in [6, 6.07) is 13.0. The van der Waals surface area contributed by atoms with Crippen molar-refractivity contribution in [2.75, 3.05) is 13.1 Å². The Hall–Kier alpha value is -1.93. The third-order valence-corrected chi connectivity index (χ3v) is 8.70. The topological polar surface area (TPSA) is 111 Å². The van der Waals surface area contributed by atoms with Crippen molar-refractivity contribution < 1.29 is 33.7 Å². The number of nitrogens with one attached hydrogen (secondary N) is 1. The number of phenols is 1. The molecule has 0 aromatic heterocycles. The van der Waals surface area contributed by atoms with Crippen LogP contribution in [0.1, 0.15) is 41.6 Å². The molecular weight excluding hydrogens is 692 g/mol. The van der Waals surface area contributed by atoms with Crippen LogP contribution in [0.2, 0.25) is 0 Å². The van der Waals surface area contributed by atoms with Crippen molar-refractivity contribution in [2.45, 2.75) is 43.5 Å². The van der Waals surface area contributed by atoms with Crippen molar-refractivity contribution in [1.82, 2.24) is 5.32 Å². The van der Waals surface area contributed by atoms with E-state index in [1.807, 2.05) is 52.9 Å². The summed E-state index contributed by atoms with van der Waals surface area (Å²) in [5.41, 5.74) is 0.182. The number of rotatable bonds is 5. The Morgan fingerprint density at radius 2 is 1.81 bits per heavy atom. The number of carbonyl (C=O) groups excluding carboxylic acids is 3. The quantitative estimate of drug-likeness (QED) is 0.273. The standard InChI is InChI=1S/C26H25I2NO7/c27-15-10-18(22(30)19(28)11-15)24(32)35-21-13-17(16-12-20(21)34-23(16)31)25(33)36-26(6-8-29-9-7-26)14-4-2-1-3-5-14/h1-5,10-11,16-17,20-21,29-30H,6-9,12-13H2. The molecule has 2 heterocycles. The maximum atomic E-state index is 13.6. The number of piperidine rings is 1. The summed E-state index contributed by atoms with van der Waals surface area (Å²) >= 11 is 4.00. The SMILES string of the molecule is O=C(OC1CC(C(=O)OC2(c3ccccc3)CCNCC2)C2CC1OC2=O)c1cc(I)cc(I)c1O. The molecule has 2 bridgehead atoms. The Kier molecular flexibility index (Phi) is 7.46. The van der Waals surface area contributed by atoms with Crippen molar-refractivity contribution in [3.8, 4) is 5.75 Å². The van der Waals surface area contributed by atoms with Crippen LogP contribution in [-0.4, -0.2) is 48.3 Å². The van der Waals surface area contributed by atoms with Crippen molar-refractivity contribution in [2.24, 2.45) is 11.8 Å². The van der Waals surface area contributed by atoms with Gasteiger partial charge in [0.05, 0.1) is 15.4 Å². The lowest BCUT2D eigenvalue weighted by Crippen LogP contribution is -2.47. The number of aromatic hydroxyl groups is 1. The molecular formula is C26H25I2NO7. The number of fused-ring (bicyclic) bond motifs is 2. The predicted molar refractivity (Wildman–Crippen MR) is 145 cm³/mol. The van der Waals surface area contributed by atoms with Gasteiger partial charge >= 0.3 is 17.9 Å². The van der Waals surface area contributed by atoms with Gasteiger partial charge in [0.25, 0.3) is 0 Å². The summed E-state index contributed by atoms with van der Waals surface area (Å²) in [7, 11) is 0. The van der Waals surface area contributed by atoms with Crippen LogP contribution < -0.4 is 5.32 Å². The molecule has 3 aliphatic rings. The first-order valence-corrected chi connectivity index (χ1v) is 14.0. The lowest BCUT2D eigenvalue weighted by atomic mass is 9.78. The first-order chi connectivity index (χ1) is 17.3. The summed E-state index contributed by atoms with van der Waals surface area (Å²) in [6.45, 7) is 1.41. The number of phenolic OH excluding ortho intramolecular Hbond substituents is 1. The fourth-order valence-electron chi connectivity index (χ4n) is 5.35. The maximum Gasteiger partial charge on any atom is 0.342 e. The van der Waals surface area contributed by atoms with E-state index in [0.717, 1.165) is 9.13 Å². The highest BCUT2D eigenvalue weighted by molar-refractivity contribution is 14.1. The molecule has 4 unspecified atom stereocenters. The lowest BCUT2D eigenvalue weighted by molar-refractivity contribution is -0.174. The van der Waals surface area contributed by atoms with Gasteiger partial charge in [-0.1, -0.05) is 30.3 Å². The molecule has 36 heavy (non-hydrogen) atoms. The van der Waals surface area contributed by atoms with E-state index < -0.39 is 47.6 Å². The second kappa shape index (κ2) is 10.4. The minimum Gasteiger partial charge on any atom is -0.506 e. The second-order valence-electron chi connectivity index (χ2n) is 9.42. The van der Waals surface area contributed by atoms with Crippen LogP contribution in [0.3, 0.4) is 0 Å². The van der Waals surface area contributed by atoms with Crippen molar-refractivity contribution in [3.63, 3.8) is 0 Å². The van der Waals surface area contributed by atoms with E-state index >= 15 is 0 Å². The van der Waals surface area contributed by atoms with E-state index in [-0.39, 0.29) is 24.2 Å². The Morgan fingerprint density at radius 3 is 2.53 bits per heavy atom. The number of esters is 3. The van der Waals surface area contributed by atoms with Gasteiger partial charge in [-0.05, 0) is 76.0 Å². The van der Waals surface area contributed by atoms with Crippen molar-refractivity contribution in [3.05, 3.63) is 60.7 Å². The lowest BCUT2D eigenvalue weighted by Gasteiger charge is -2.39. The second-order valence-corrected chi connectivity index (χ2v) is 11.8. The van der Waals surface area contributed by atoms with Crippen LogP contribution in [0.25, 0.3) is 0 Å². The number of ether oxygens (including phenoxy) is 3. The first-order valence-electron chi connectivity index (χ1n) is 11.9.